The van der Waals surface area contributed by atoms with E-state index in [9.17, 15) is 4.39 Å². The summed E-state index contributed by atoms with van der Waals surface area (Å²) in [4.78, 5) is 0. The van der Waals surface area contributed by atoms with Crippen molar-refractivity contribution < 1.29 is 4.39 Å². The largest absolute Gasteiger partial charge is 0.308 e. The fraction of sp³-hybridized carbons (Fsp3) is 0.333. The van der Waals surface area contributed by atoms with Gasteiger partial charge in [0.05, 0.1) is 0 Å². The van der Waals surface area contributed by atoms with Gasteiger partial charge in [0.2, 0.25) is 0 Å². The van der Waals surface area contributed by atoms with Crippen LogP contribution in [0.1, 0.15) is 17.8 Å². The summed E-state index contributed by atoms with van der Waals surface area (Å²) < 4.78 is 14.5. The maximum atomic E-state index is 13.7. The van der Waals surface area contributed by atoms with Crippen LogP contribution in [-0.4, -0.2) is 16.2 Å². The molecule has 0 saturated heterocycles. The van der Waals surface area contributed by atoms with Gasteiger partial charge in [-0.2, -0.15) is 0 Å². The first-order chi connectivity index (χ1) is 8.72. The topological polar surface area (TPSA) is 37.8 Å². The van der Waals surface area contributed by atoms with Gasteiger partial charge in [-0.1, -0.05) is 27.3 Å². The standard InChI is InChI=1S/C12H11BrFN3S/c13-7-1-4-10(14)9(5-7)12-17-16-11(18-12)6-15-8-2-3-8/h1,4-5,8,15H,2-3,6H2. The SMILES string of the molecule is Fc1ccc(Br)cc1-c1nnc(CNC2CC2)s1. The van der Waals surface area contributed by atoms with Crippen LogP contribution in [0.3, 0.4) is 0 Å². The van der Waals surface area contributed by atoms with Gasteiger partial charge in [0.1, 0.15) is 10.8 Å². The van der Waals surface area contributed by atoms with Crippen molar-refractivity contribution in [2.45, 2.75) is 25.4 Å². The number of rotatable bonds is 4. The lowest BCUT2D eigenvalue weighted by molar-refractivity contribution is 0.630. The summed E-state index contributed by atoms with van der Waals surface area (Å²) in [6.07, 6.45) is 2.48. The zero-order valence-corrected chi connectivity index (χ0v) is 11.9. The van der Waals surface area contributed by atoms with Crippen LogP contribution in [0.4, 0.5) is 4.39 Å². The molecule has 1 saturated carbocycles. The maximum Gasteiger partial charge on any atom is 0.150 e. The molecule has 0 aliphatic heterocycles. The first-order valence-electron chi connectivity index (χ1n) is 5.73. The van der Waals surface area contributed by atoms with Crippen LogP contribution in [0.25, 0.3) is 10.6 Å². The molecule has 0 atom stereocenters. The summed E-state index contributed by atoms with van der Waals surface area (Å²) in [5.74, 6) is -0.268. The van der Waals surface area contributed by atoms with Gasteiger partial charge in [-0.25, -0.2) is 4.39 Å². The van der Waals surface area contributed by atoms with Crippen molar-refractivity contribution >= 4 is 27.3 Å². The summed E-state index contributed by atoms with van der Waals surface area (Å²) in [5, 5.41) is 13.0. The van der Waals surface area contributed by atoms with Crippen molar-refractivity contribution in [1.29, 1.82) is 0 Å². The highest BCUT2D eigenvalue weighted by atomic mass is 79.9. The second-order valence-corrected chi connectivity index (χ2v) is 6.26. The molecule has 0 bridgehead atoms. The fourth-order valence-electron chi connectivity index (χ4n) is 1.61. The van der Waals surface area contributed by atoms with E-state index in [4.69, 9.17) is 0 Å². The fourth-order valence-corrected chi connectivity index (χ4v) is 2.78. The number of nitrogens with one attached hydrogen (secondary N) is 1. The summed E-state index contributed by atoms with van der Waals surface area (Å²) in [6, 6.07) is 5.48. The van der Waals surface area contributed by atoms with Crippen LogP contribution in [0.5, 0.6) is 0 Å². The van der Waals surface area contributed by atoms with Crippen LogP contribution >= 0.6 is 27.3 Å². The van der Waals surface area contributed by atoms with Crippen molar-refractivity contribution in [3.63, 3.8) is 0 Å². The van der Waals surface area contributed by atoms with Gasteiger partial charge in [-0.05, 0) is 31.0 Å². The average molecular weight is 328 g/mol. The molecule has 0 spiro atoms. The molecule has 1 aromatic carbocycles. The molecule has 1 aliphatic rings. The molecule has 0 amide bonds. The minimum absolute atomic E-state index is 0.268. The number of aromatic nitrogens is 2. The van der Waals surface area contributed by atoms with Crippen LogP contribution in [0.2, 0.25) is 0 Å². The molecule has 1 aromatic heterocycles. The van der Waals surface area contributed by atoms with E-state index in [0.29, 0.717) is 16.6 Å². The lowest BCUT2D eigenvalue weighted by atomic mass is 10.2. The zero-order valence-electron chi connectivity index (χ0n) is 9.49. The van der Waals surface area contributed by atoms with Crippen LogP contribution in [0.15, 0.2) is 22.7 Å². The Bertz CT molecular complexity index is 568. The van der Waals surface area contributed by atoms with E-state index in [1.807, 2.05) is 0 Å². The molecule has 3 nitrogen and oxygen atoms in total. The maximum absolute atomic E-state index is 13.7. The summed E-state index contributed by atoms with van der Waals surface area (Å²) in [7, 11) is 0. The summed E-state index contributed by atoms with van der Waals surface area (Å²) >= 11 is 4.77. The predicted octanol–water partition coefficient (Wildman–Crippen LogP) is 3.36. The molecule has 0 unspecified atom stereocenters. The van der Waals surface area contributed by atoms with Gasteiger partial charge < -0.3 is 5.32 Å². The van der Waals surface area contributed by atoms with Crippen molar-refractivity contribution in [2.75, 3.05) is 0 Å². The van der Waals surface area contributed by atoms with Gasteiger partial charge in [-0.15, -0.1) is 10.2 Å². The predicted molar refractivity (Wildman–Crippen MR) is 72.9 cm³/mol. The van der Waals surface area contributed by atoms with Crippen molar-refractivity contribution in [2.24, 2.45) is 0 Å². The van der Waals surface area contributed by atoms with Gasteiger partial charge >= 0.3 is 0 Å². The number of nitrogens with zero attached hydrogens (tertiary/aromatic N) is 2. The molecule has 1 fully saturated rings. The second kappa shape index (κ2) is 5.03. The van der Waals surface area contributed by atoms with Gasteiger partial charge in [0, 0.05) is 22.6 Å². The van der Waals surface area contributed by atoms with Gasteiger partial charge in [0.25, 0.3) is 0 Å². The van der Waals surface area contributed by atoms with Gasteiger partial charge in [-0.3, -0.25) is 0 Å². The zero-order chi connectivity index (χ0) is 12.5. The summed E-state index contributed by atoms with van der Waals surface area (Å²) in [6.45, 7) is 0.720. The van der Waals surface area contributed by atoms with E-state index >= 15 is 0 Å². The van der Waals surface area contributed by atoms with Crippen molar-refractivity contribution in [1.82, 2.24) is 15.5 Å². The third kappa shape index (κ3) is 2.76. The van der Waals surface area contributed by atoms with E-state index in [1.165, 1.54) is 30.2 Å². The Kier molecular flexibility index (Phi) is 3.41. The van der Waals surface area contributed by atoms with Crippen LogP contribution < -0.4 is 5.32 Å². The van der Waals surface area contributed by atoms with Crippen molar-refractivity contribution in [3.8, 4) is 10.6 Å². The highest BCUT2D eigenvalue weighted by Gasteiger charge is 2.21. The highest BCUT2D eigenvalue weighted by Crippen LogP contribution is 2.29. The number of hydrogen-bond donors (Lipinski definition) is 1. The minimum Gasteiger partial charge on any atom is -0.308 e. The molecule has 18 heavy (non-hydrogen) atoms. The van der Waals surface area contributed by atoms with E-state index in [0.717, 1.165) is 16.0 Å². The Hall–Kier alpha value is -0.850. The molecule has 3 rings (SSSR count). The quantitative estimate of drug-likeness (QED) is 0.935. The third-order valence-electron chi connectivity index (χ3n) is 2.74. The lowest BCUT2D eigenvalue weighted by Crippen LogP contribution is -2.14. The van der Waals surface area contributed by atoms with E-state index in [2.05, 4.69) is 31.4 Å². The summed E-state index contributed by atoms with van der Waals surface area (Å²) in [5.41, 5.74) is 0.500. The monoisotopic (exact) mass is 327 g/mol. The Labute approximate surface area is 117 Å². The molecular weight excluding hydrogens is 317 g/mol. The van der Waals surface area contributed by atoms with Crippen LogP contribution in [-0.2, 0) is 6.54 Å². The molecule has 94 valence electrons. The number of benzene rings is 1. The van der Waals surface area contributed by atoms with Crippen LogP contribution in [0, 0.1) is 5.82 Å². The molecule has 2 aromatic rings. The number of halogens is 2. The molecule has 0 radical (unpaired) electrons. The highest BCUT2D eigenvalue weighted by molar-refractivity contribution is 9.10. The van der Waals surface area contributed by atoms with E-state index in [-0.39, 0.29) is 5.82 Å². The minimum atomic E-state index is -0.268. The molecular formula is C12H11BrFN3S. The van der Waals surface area contributed by atoms with Crippen molar-refractivity contribution in [3.05, 3.63) is 33.5 Å². The lowest BCUT2D eigenvalue weighted by Gasteiger charge is -1.98. The molecule has 6 heteroatoms. The Morgan fingerprint density at radius 1 is 1.39 bits per heavy atom. The molecule has 1 aliphatic carbocycles. The Morgan fingerprint density at radius 2 is 2.22 bits per heavy atom. The Balaban J connectivity index is 1.80. The molecule has 1 heterocycles. The average Bonchev–Trinajstić information content (AvgIpc) is 3.08. The third-order valence-corrected chi connectivity index (χ3v) is 4.19. The number of hydrogen-bond acceptors (Lipinski definition) is 4. The smallest absolute Gasteiger partial charge is 0.150 e. The molecule has 1 N–H and O–H groups in total. The van der Waals surface area contributed by atoms with E-state index in [1.54, 1.807) is 12.1 Å². The first kappa shape index (κ1) is 12.2. The van der Waals surface area contributed by atoms with Gasteiger partial charge in [0.15, 0.2) is 5.01 Å². The van der Waals surface area contributed by atoms with E-state index < -0.39 is 0 Å². The second-order valence-electron chi connectivity index (χ2n) is 4.28. The first-order valence-corrected chi connectivity index (χ1v) is 7.34. The normalized spacial score (nSPS) is 15.0. The Morgan fingerprint density at radius 3 is 3.00 bits per heavy atom.